The van der Waals surface area contributed by atoms with Gasteiger partial charge in [0.15, 0.2) is 0 Å². The Bertz CT molecular complexity index is 745. The topological polar surface area (TPSA) is 73.6 Å². The van der Waals surface area contributed by atoms with Crippen molar-refractivity contribution in [3.8, 4) is 5.75 Å². The summed E-state index contributed by atoms with van der Waals surface area (Å²) in [6.45, 7) is 4.11. The molecule has 0 saturated heterocycles. The minimum Gasteiger partial charge on any atom is -0.490 e. The number of aliphatic hydroxyl groups excluding tert-OH is 1. The highest BCUT2D eigenvalue weighted by Crippen LogP contribution is 2.33. The number of carbonyl (C=O) groups excluding carboxylic acids is 1. The van der Waals surface area contributed by atoms with Crippen LogP contribution in [-0.2, 0) is 4.74 Å². The Balaban J connectivity index is 1.92. The number of hydrogen-bond acceptors (Lipinski definition) is 5. The fraction of sp³-hybridized carbons (Fsp3) is 0.579. The smallest absolute Gasteiger partial charge is 0.341 e. The maximum absolute atomic E-state index is 12.1. The zero-order valence-corrected chi connectivity index (χ0v) is 15.1. The standard InChI is InChI=1S/C19H26N2O4/c1-12(2)25-18-9-17-14(8-16(18)19(23)24-3)10-21(20-17)15-6-4-13(11-22)5-7-15/h8-10,12-13,15,22H,4-7,11H2,1-3H3/t13-,15-. The monoisotopic (exact) mass is 346 g/mol. The number of hydrogen-bond donors (Lipinski definition) is 1. The Morgan fingerprint density at radius 1 is 1.32 bits per heavy atom. The molecule has 0 spiro atoms. The molecule has 0 unspecified atom stereocenters. The van der Waals surface area contributed by atoms with Crippen LogP contribution in [0.25, 0.3) is 10.9 Å². The molecule has 136 valence electrons. The Labute approximate surface area is 147 Å². The fourth-order valence-corrected chi connectivity index (χ4v) is 3.47. The number of nitrogens with zero attached hydrogens (tertiary/aromatic N) is 2. The normalized spacial score (nSPS) is 20.8. The van der Waals surface area contributed by atoms with Crippen molar-refractivity contribution >= 4 is 16.9 Å². The number of methoxy groups -OCH3 is 1. The van der Waals surface area contributed by atoms with Gasteiger partial charge in [-0.2, -0.15) is 5.10 Å². The molecule has 1 fully saturated rings. The first-order valence-corrected chi connectivity index (χ1v) is 8.90. The molecule has 1 aliphatic carbocycles. The third-order valence-electron chi connectivity index (χ3n) is 4.84. The summed E-state index contributed by atoms with van der Waals surface area (Å²) in [5.74, 6) is 0.510. The number of ether oxygens (including phenoxy) is 2. The lowest BCUT2D eigenvalue weighted by Gasteiger charge is -2.27. The van der Waals surface area contributed by atoms with Gasteiger partial charge in [-0.05, 0) is 51.5 Å². The molecule has 1 aromatic carbocycles. The van der Waals surface area contributed by atoms with Gasteiger partial charge in [0.25, 0.3) is 0 Å². The van der Waals surface area contributed by atoms with E-state index in [1.807, 2.05) is 30.8 Å². The van der Waals surface area contributed by atoms with Crippen molar-refractivity contribution in [1.82, 2.24) is 9.78 Å². The molecule has 2 aromatic rings. The largest absolute Gasteiger partial charge is 0.490 e. The van der Waals surface area contributed by atoms with Crippen molar-refractivity contribution in [2.24, 2.45) is 5.92 Å². The third-order valence-corrected chi connectivity index (χ3v) is 4.84. The van der Waals surface area contributed by atoms with Crippen LogP contribution in [0.15, 0.2) is 18.3 Å². The van der Waals surface area contributed by atoms with Gasteiger partial charge in [-0.25, -0.2) is 4.79 Å². The fourth-order valence-electron chi connectivity index (χ4n) is 3.47. The van der Waals surface area contributed by atoms with Crippen molar-refractivity contribution in [3.05, 3.63) is 23.9 Å². The highest BCUT2D eigenvalue weighted by Gasteiger charge is 2.23. The predicted molar refractivity (Wildman–Crippen MR) is 94.9 cm³/mol. The number of esters is 1. The lowest BCUT2D eigenvalue weighted by molar-refractivity contribution is 0.0594. The van der Waals surface area contributed by atoms with E-state index < -0.39 is 5.97 Å². The van der Waals surface area contributed by atoms with Crippen LogP contribution in [0, 0.1) is 5.92 Å². The van der Waals surface area contributed by atoms with Crippen LogP contribution in [-0.4, -0.2) is 40.7 Å². The lowest BCUT2D eigenvalue weighted by Crippen LogP contribution is -2.20. The molecule has 1 heterocycles. The Morgan fingerprint density at radius 2 is 2.04 bits per heavy atom. The second-order valence-corrected chi connectivity index (χ2v) is 7.03. The van der Waals surface area contributed by atoms with E-state index in [4.69, 9.17) is 14.6 Å². The molecular formula is C19H26N2O4. The number of rotatable bonds is 5. The highest BCUT2D eigenvalue weighted by molar-refractivity contribution is 5.97. The summed E-state index contributed by atoms with van der Waals surface area (Å²) < 4.78 is 12.7. The maximum atomic E-state index is 12.1. The Morgan fingerprint density at radius 3 is 2.64 bits per heavy atom. The van der Waals surface area contributed by atoms with Crippen LogP contribution in [0.2, 0.25) is 0 Å². The van der Waals surface area contributed by atoms with Gasteiger partial charge in [0.1, 0.15) is 11.3 Å². The minimum absolute atomic E-state index is 0.0447. The summed E-state index contributed by atoms with van der Waals surface area (Å²) in [5, 5.41) is 14.9. The van der Waals surface area contributed by atoms with Crippen molar-refractivity contribution in [2.75, 3.05) is 13.7 Å². The number of aromatic nitrogens is 2. The molecule has 0 atom stereocenters. The van der Waals surface area contributed by atoms with Crippen molar-refractivity contribution in [2.45, 2.75) is 51.7 Å². The van der Waals surface area contributed by atoms with E-state index in [0.29, 0.717) is 23.3 Å². The van der Waals surface area contributed by atoms with Crippen LogP contribution in [0.5, 0.6) is 5.75 Å². The molecule has 6 nitrogen and oxygen atoms in total. The lowest BCUT2D eigenvalue weighted by atomic mass is 9.87. The van der Waals surface area contributed by atoms with E-state index in [-0.39, 0.29) is 12.7 Å². The van der Waals surface area contributed by atoms with Crippen LogP contribution in [0.4, 0.5) is 0 Å². The van der Waals surface area contributed by atoms with Crippen molar-refractivity contribution in [3.63, 3.8) is 0 Å². The van der Waals surface area contributed by atoms with Gasteiger partial charge in [-0.15, -0.1) is 0 Å². The second kappa shape index (κ2) is 7.44. The molecule has 1 saturated carbocycles. The van der Waals surface area contributed by atoms with E-state index >= 15 is 0 Å². The first-order chi connectivity index (χ1) is 12.0. The Kier molecular flexibility index (Phi) is 5.27. The Hall–Kier alpha value is -2.08. The van der Waals surface area contributed by atoms with Crippen LogP contribution in [0.3, 0.4) is 0 Å². The van der Waals surface area contributed by atoms with Crippen molar-refractivity contribution in [1.29, 1.82) is 0 Å². The van der Waals surface area contributed by atoms with E-state index in [0.717, 1.165) is 36.6 Å². The molecule has 0 aliphatic heterocycles. The summed E-state index contributed by atoms with van der Waals surface area (Å²) in [7, 11) is 1.37. The summed E-state index contributed by atoms with van der Waals surface area (Å²) in [6, 6.07) is 3.95. The van der Waals surface area contributed by atoms with Crippen LogP contribution < -0.4 is 4.74 Å². The molecular weight excluding hydrogens is 320 g/mol. The third kappa shape index (κ3) is 3.79. The molecule has 1 aromatic heterocycles. The van der Waals surface area contributed by atoms with Gasteiger partial charge in [-0.3, -0.25) is 4.68 Å². The zero-order valence-electron chi connectivity index (χ0n) is 15.1. The van der Waals surface area contributed by atoms with E-state index in [1.165, 1.54) is 7.11 Å². The predicted octanol–water partition coefficient (Wildman–Crippen LogP) is 3.33. The molecule has 6 heteroatoms. The summed E-state index contributed by atoms with van der Waals surface area (Å²) >= 11 is 0. The molecule has 0 amide bonds. The van der Waals surface area contributed by atoms with Gasteiger partial charge in [0, 0.05) is 24.3 Å². The van der Waals surface area contributed by atoms with Crippen LogP contribution >= 0.6 is 0 Å². The summed E-state index contributed by atoms with van der Waals surface area (Å²) in [6.07, 6.45) is 6.01. The molecule has 25 heavy (non-hydrogen) atoms. The number of fused-ring (bicyclic) bond motifs is 1. The first kappa shape index (κ1) is 17.7. The molecule has 1 aliphatic rings. The van der Waals surface area contributed by atoms with E-state index in [2.05, 4.69) is 0 Å². The summed E-state index contributed by atoms with van der Waals surface area (Å²) in [5.41, 5.74) is 1.24. The zero-order chi connectivity index (χ0) is 18.0. The summed E-state index contributed by atoms with van der Waals surface area (Å²) in [4.78, 5) is 12.1. The van der Waals surface area contributed by atoms with Gasteiger partial charge < -0.3 is 14.6 Å². The number of aliphatic hydroxyl groups is 1. The average Bonchev–Trinajstić information content (AvgIpc) is 3.02. The van der Waals surface area contributed by atoms with Gasteiger partial charge in [0.2, 0.25) is 0 Å². The number of carbonyl (C=O) groups is 1. The second-order valence-electron chi connectivity index (χ2n) is 7.03. The van der Waals surface area contributed by atoms with E-state index in [1.54, 1.807) is 6.07 Å². The molecule has 0 radical (unpaired) electrons. The average molecular weight is 346 g/mol. The van der Waals surface area contributed by atoms with E-state index in [9.17, 15) is 9.90 Å². The molecule has 3 rings (SSSR count). The quantitative estimate of drug-likeness (QED) is 0.841. The first-order valence-electron chi connectivity index (χ1n) is 8.90. The maximum Gasteiger partial charge on any atom is 0.341 e. The van der Waals surface area contributed by atoms with Gasteiger partial charge >= 0.3 is 5.97 Å². The van der Waals surface area contributed by atoms with Crippen molar-refractivity contribution < 1.29 is 19.4 Å². The van der Waals surface area contributed by atoms with Gasteiger partial charge in [-0.1, -0.05) is 0 Å². The van der Waals surface area contributed by atoms with Crippen LogP contribution in [0.1, 0.15) is 55.9 Å². The SMILES string of the molecule is COC(=O)c1cc2cn([C@H]3CC[C@H](CO)CC3)nc2cc1OC(C)C. The minimum atomic E-state index is -0.409. The molecule has 0 bridgehead atoms. The highest BCUT2D eigenvalue weighted by atomic mass is 16.5. The number of benzene rings is 1. The van der Waals surface area contributed by atoms with Gasteiger partial charge in [0.05, 0.1) is 24.8 Å². The molecule has 1 N–H and O–H groups in total.